The topological polar surface area (TPSA) is 0 Å². The van der Waals surface area contributed by atoms with Gasteiger partial charge in [-0.25, -0.2) is 4.39 Å². The Morgan fingerprint density at radius 2 is 2.00 bits per heavy atom. The van der Waals surface area contributed by atoms with Gasteiger partial charge in [0, 0.05) is 6.07 Å². The molecule has 0 saturated carbocycles. The van der Waals surface area contributed by atoms with Gasteiger partial charge in [0.1, 0.15) is 5.82 Å². The van der Waals surface area contributed by atoms with Crippen LogP contribution in [0.1, 0.15) is 44.6 Å². The van der Waals surface area contributed by atoms with Crippen LogP contribution in [0.5, 0.6) is 0 Å². The van der Waals surface area contributed by atoms with Gasteiger partial charge >= 0.3 is 0 Å². The van der Waals surface area contributed by atoms with Gasteiger partial charge in [-0.15, -0.1) is 0 Å². The lowest BCUT2D eigenvalue weighted by atomic mass is 10.1. The average Bonchev–Trinajstić information content (AvgIpc) is 2.18. The monoisotopic (exact) mass is 193 g/mol. The van der Waals surface area contributed by atoms with Gasteiger partial charge < -0.3 is 0 Å². The molecule has 0 saturated heterocycles. The van der Waals surface area contributed by atoms with Crippen molar-refractivity contribution < 1.29 is 4.39 Å². The third kappa shape index (κ3) is 4.40. The van der Waals surface area contributed by atoms with Crippen molar-refractivity contribution in [1.82, 2.24) is 0 Å². The molecule has 1 rings (SSSR count). The highest BCUT2D eigenvalue weighted by Gasteiger charge is 1.95. The number of rotatable bonds is 6. The quantitative estimate of drug-likeness (QED) is 0.596. The predicted octanol–water partition coefficient (Wildman–Crippen LogP) is 4.14. The van der Waals surface area contributed by atoms with Gasteiger partial charge in [-0.05, 0) is 24.5 Å². The Morgan fingerprint density at radius 1 is 1.21 bits per heavy atom. The summed E-state index contributed by atoms with van der Waals surface area (Å²) in [7, 11) is 0. The van der Waals surface area contributed by atoms with Crippen LogP contribution < -0.4 is 0 Å². The molecule has 0 aromatic heterocycles. The Kier molecular flexibility index (Phi) is 5.28. The molecule has 0 aliphatic carbocycles. The standard InChI is InChI=1S/C13H18F/c1-2-3-4-5-6-8-12-9-7-10-13(14)11-12/h7,9,11H,2-6,8H2,1H3. The van der Waals surface area contributed by atoms with E-state index in [1.54, 1.807) is 12.1 Å². The minimum absolute atomic E-state index is 0.240. The molecule has 0 bridgehead atoms. The number of hydrogen-bond acceptors (Lipinski definition) is 0. The Balaban J connectivity index is 2.18. The van der Waals surface area contributed by atoms with Gasteiger partial charge in [-0.3, -0.25) is 0 Å². The van der Waals surface area contributed by atoms with E-state index in [0.717, 1.165) is 12.0 Å². The zero-order valence-corrected chi connectivity index (χ0v) is 8.85. The van der Waals surface area contributed by atoms with Crippen LogP contribution in [0.3, 0.4) is 0 Å². The van der Waals surface area contributed by atoms with E-state index in [1.165, 1.54) is 32.1 Å². The summed E-state index contributed by atoms with van der Waals surface area (Å²) in [5.41, 5.74) is 1.10. The third-order valence-electron chi connectivity index (χ3n) is 2.40. The van der Waals surface area contributed by atoms with E-state index in [4.69, 9.17) is 0 Å². The summed E-state index contributed by atoms with van der Waals surface area (Å²) in [5, 5.41) is 0. The fraction of sp³-hybridized carbons (Fsp3) is 0.538. The molecule has 0 nitrogen and oxygen atoms in total. The summed E-state index contributed by atoms with van der Waals surface area (Å²) < 4.78 is 12.7. The molecule has 1 radical (unpaired) electrons. The first-order valence-corrected chi connectivity index (χ1v) is 5.49. The molecule has 1 aromatic carbocycles. The number of halogens is 1. The highest BCUT2D eigenvalue weighted by molar-refractivity contribution is 5.15. The van der Waals surface area contributed by atoms with E-state index in [2.05, 4.69) is 13.0 Å². The molecule has 1 aromatic rings. The molecule has 1 heteroatoms. The van der Waals surface area contributed by atoms with Crippen molar-refractivity contribution in [1.29, 1.82) is 0 Å². The van der Waals surface area contributed by atoms with Crippen molar-refractivity contribution >= 4 is 0 Å². The molecule has 14 heavy (non-hydrogen) atoms. The van der Waals surface area contributed by atoms with Crippen molar-refractivity contribution in [2.24, 2.45) is 0 Å². The lowest BCUT2D eigenvalue weighted by molar-refractivity contribution is 0.614. The highest BCUT2D eigenvalue weighted by atomic mass is 19.1. The van der Waals surface area contributed by atoms with Crippen LogP contribution in [0.25, 0.3) is 0 Å². The lowest BCUT2D eigenvalue weighted by Crippen LogP contribution is -1.87. The van der Waals surface area contributed by atoms with Crippen molar-refractivity contribution in [3.8, 4) is 0 Å². The maximum absolute atomic E-state index is 12.7. The molecule has 0 unspecified atom stereocenters. The van der Waals surface area contributed by atoms with Gasteiger partial charge in [0.2, 0.25) is 0 Å². The Morgan fingerprint density at radius 3 is 2.71 bits per heavy atom. The molecule has 0 heterocycles. The SMILES string of the molecule is CCCCCCCc1cc[c]c(F)c1. The lowest BCUT2D eigenvalue weighted by Gasteiger charge is -2.01. The van der Waals surface area contributed by atoms with Crippen LogP contribution in [0.4, 0.5) is 4.39 Å². The summed E-state index contributed by atoms with van der Waals surface area (Å²) in [4.78, 5) is 0. The van der Waals surface area contributed by atoms with Crippen LogP contribution in [-0.4, -0.2) is 0 Å². The van der Waals surface area contributed by atoms with Crippen molar-refractivity contribution in [3.63, 3.8) is 0 Å². The summed E-state index contributed by atoms with van der Waals surface area (Å²) >= 11 is 0. The number of unbranched alkanes of at least 4 members (excludes halogenated alkanes) is 4. The molecular formula is C13H18F. The summed E-state index contributed by atoms with van der Waals surface area (Å²) in [6, 6.07) is 7.71. The van der Waals surface area contributed by atoms with Gasteiger partial charge in [0.15, 0.2) is 0 Å². The van der Waals surface area contributed by atoms with Crippen LogP contribution in [0, 0.1) is 11.9 Å². The van der Waals surface area contributed by atoms with Crippen molar-refractivity contribution in [2.45, 2.75) is 45.4 Å². The zero-order chi connectivity index (χ0) is 10.2. The molecule has 0 atom stereocenters. The van der Waals surface area contributed by atoms with Crippen molar-refractivity contribution in [3.05, 3.63) is 35.6 Å². The number of benzene rings is 1. The minimum atomic E-state index is -0.240. The van der Waals surface area contributed by atoms with E-state index >= 15 is 0 Å². The van der Waals surface area contributed by atoms with Crippen LogP contribution in [0.15, 0.2) is 18.2 Å². The molecule has 0 aliphatic heterocycles. The second-order valence-electron chi connectivity index (χ2n) is 3.71. The fourth-order valence-electron chi connectivity index (χ4n) is 1.57. The maximum atomic E-state index is 12.7. The minimum Gasteiger partial charge on any atom is -0.206 e. The Bertz CT molecular complexity index is 255. The van der Waals surface area contributed by atoms with Gasteiger partial charge in [0.25, 0.3) is 0 Å². The predicted molar refractivity (Wildman–Crippen MR) is 57.7 cm³/mol. The van der Waals surface area contributed by atoms with E-state index in [9.17, 15) is 4.39 Å². The highest BCUT2D eigenvalue weighted by Crippen LogP contribution is 2.09. The molecule has 77 valence electrons. The van der Waals surface area contributed by atoms with Gasteiger partial charge in [-0.1, -0.05) is 44.7 Å². The normalized spacial score (nSPS) is 10.4. The van der Waals surface area contributed by atoms with Crippen molar-refractivity contribution in [2.75, 3.05) is 0 Å². The Labute approximate surface area is 86.2 Å². The molecule has 0 spiro atoms. The number of aryl methyl sites for hydroxylation is 1. The van der Waals surface area contributed by atoms with E-state index in [1.807, 2.05) is 6.07 Å². The first kappa shape index (κ1) is 11.2. The van der Waals surface area contributed by atoms with Crippen LogP contribution >= 0.6 is 0 Å². The summed E-state index contributed by atoms with van der Waals surface area (Å²) in [6.07, 6.45) is 7.32. The molecule has 0 amide bonds. The summed E-state index contributed by atoms with van der Waals surface area (Å²) in [5.74, 6) is -0.240. The zero-order valence-electron chi connectivity index (χ0n) is 8.85. The molecular weight excluding hydrogens is 175 g/mol. The Hall–Kier alpha value is -0.850. The summed E-state index contributed by atoms with van der Waals surface area (Å²) in [6.45, 7) is 2.21. The second-order valence-corrected chi connectivity index (χ2v) is 3.71. The number of hydrogen-bond donors (Lipinski definition) is 0. The van der Waals surface area contributed by atoms with Gasteiger partial charge in [-0.2, -0.15) is 0 Å². The smallest absolute Gasteiger partial charge is 0.131 e. The fourth-order valence-corrected chi connectivity index (χ4v) is 1.57. The average molecular weight is 193 g/mol. The van der Waals surface area contributed by atoms with E-state index in [0.29, 0.717) is 0 Å². The second kappa shape index (κ2) is 6.58. The molecule has 0 aliphatic rings. The van der Waals surface area contributed by atoms with Crippen LogP contribution in [-0.2, 0) is 6.42 Å². The van der Waals surface area contributed by atoms with E-state index < -0.39 is 0 Å². The maximum Gasteiger partial charge on any atom is 0.131 e. The molecule has 0 N–H and O–H groups in total. The molecule has 0 fully saturated rings. The van der Waals surface area contributed by atoms with Crippen LogP contribution in [0.2, 0.25) is 0 Å². The third-order valence-corrected chi connectivity index (χ3v) is 2.40. The van der Waals surface area contributed by atoms with E-state index in [-0.39, 0.29) is 5.82 Å². The first-order chi connectivity index (χ1) is 6.83. The largest absolute Gasteiger partial charge is 0.206 e. The first-order valence-electron chi connectivity index (χ1n) is 5.49. The van der Waals surface area contributed by atoms with Gasteiger partial charge in [0.05, 0.1) is 0 Å².